The average molecular weight is 368 g/mol. The highest BCUT2D eigenvalue weighted by molar-refractivity contribution is 6.25. The summed E-state index contributed by atoms with van der Waals surface area (Å²) in [4.78, 5) is 27.7. The maximum atomic E-state index is 13.0. The topological polar surface area (TPSA) is 93.4 Å². The van der Waals surface area contributed by atoms with Crippen LogP contribution in [0.2, 0.25) is 0 Å². The second kappa shape index (κ2) is 7.13. The number of hydrogen-bond donors (Lipinski definition) is 3. The Bertz CT molecular complexity index is 882. The first-order chi connectivity index (χ1) is 13.1. The minimum atomic E-state index is -0.333. The summed E-state index contributed by atoms with van der Waals surface area (Å²) in [6.45, 7) is 5.41. The van der Waals surface area contributed by atoms with Crippen molar-refractivity contribution in [2.24, 2.45) is 0 Å². The van der Waals surface area contributed by atoms with Crippen molar-refractivity contribution in [1.29, 1.82) is 0 Å². The van der Waals surface area contributed by atoms with E-state index in [1.54, 1.807) is 6.07 Å². The van der Waals surface area contributed by atoms with Crippen molar-refractivity contribution in [3.8, 4) is 11.3 Å². The predicted molar refractivity (Wildman–Crippen MR) is 103 cm³/mol. The number of nitrogens with zero attached hydrogens (tertiary/aromatic N) is 3. The standard InChI is InChI=1S/C19H24N6O2/c1-3-5-14-16-17(22-21-14)12-6-4-7-13(15(12)18(16)26)20-19(27)23-25-10-8-24(2)9-11-25/h4,6-7H,3,5,8-11H2,1-2H3,(H,21,22)(H2,20,23,27). The third-order valence-electron chi connectivity index (χ3n) is 5.13. The Morgan fingerprint density at radius 2 is 2.00 bits per heavy atom. The SMILES string of the molecule is CCCc1[nH]nc2c1C(=O)c1c(NC(=O)NN3CCN(C)CC3)cccc1-2. The highest BCUT2D eigenvalue weighted by atomic mass is 16.2. The minimum absolute atomic E-state index is 0.0762. The molecule has 142 valence electrons. The number of H-pyrrole nitrogens is 1. The van der Waals surface area contributed by atoms with Crippen molar-refractivity contribution in [3.05, 3.63) is 35.0 Å². The van der Waals surface area contributed by atoms with Gasteiger partial charge < -0.3 is 10.2 Å². The third kappa shape index (κ3) is 3.22. The molecule has 2 amide bonds. The van der Waals surface area contributed by atoms with Crippen molar-refractivity contribution in [2.75, 3.05) is 38.5 Å². The summed E-state index contributed by atoms with van der Waals surface area (Å²) in [7, 11) is 2.06. The van der Waals surface area contributed by atoms with Crippen LogP contribution in [0.15, 0.2) is 18.2 Å². The molecule has 0 spiro atoms. The number of anilines is 1. The van der Waals surface area contributed by atoms with E-state index in [0.717, 1.165) is 50.3 Å². The van der Waals surface area contributed by atoms with Gasteiger partial charge in [-0.2, -0.15) is 5.10 Å². The molecule has 1 fully saturated rings. The number of amides is 2. The van der Waals surface area contributed by atoms with Gasteiger partial charge in [0.15, 0.2) is 5.78 Å². The number of ketones is 1. The highest BCUT2D eigenvalue weighted by Gasteiger charge is 2.34. The molecule has 0 unspecified atom stereocenters. The van der Waals surface area contributed by atoms with Crippen molar-refractivity contribution in [3.63, 3.8) is 0 Å². The largest absolute Gasteiger partial charge is 0.333 e. The molecule has 1 aromatic carbocycles. The molecule has 2 heterocycles. The number of hydrogen-bond acceptors (Lipinski definition) is 5. The number of nitrogens with one attached hydrogen (secondary N) is 3. The average Bonchev–Trinajstić information content (AvgIpc) is 3.18. The summed E-state index contributed by atoms with van der Waals surface area (Å²) in [6.07, 6.45) is 1.70. The summed E-state index contributed by atoms with van der Waals surface area (Å²) in [5, 5.41) is 12.1. The fraction of sp³-hybridized carbons (Fsp3) is 0.421. The molecule has 0 bridgehead atoms. The lowest BCUT2D eigenvalue weighted by molar-refractivity contribution is 0.104. The van der Waals surface area contributed by atoms with E-state index in [4.69, 9.17) is 0 Å². The zero-order valence-corrected chi connectivity index (χ0v) is 15.6. The molecule has 1 aliphatic heterocycles. The molecular weight excluding hydrogens is 344 g/mol. The smallest absolute Gasteiger partial charge is 0.306 e. The predicted octanol–water partition coefficient (Wildman–Crippen LogP) is 1.86. The molecule has 1 saturated heterocycles. The van der Waals surface area contributed by atoms with Gasteiger partial charge in [-0.3, -0.25) is 15.3 Å². The number of aryl methyl sites for hydroxylation is 1. The lowest BCUT2D eigenvalue weighted by atomic mass is 10.1. The van der Waals surface area contributed by atoms with Gasteiger partial charge in [-0.1, -0.05) is 25.5 Å². The molecule has 8 nitrogen and oxygen atoms in total. The molecular formula is C19H24N6O2. The van der Waals surface area contributed by atoms with E-state index < -0.39 is 0 Å². The highest BCUT2D eigenvalue weighted by Crippen LogP contribution is 2.40. The number of hydrazine groups is 1. The molecule has 2 aromatic rings. The Balaban J connectivity index is 1.53. The maximum absolute atomic E-state index is 13.0. The van der Waals surface area contributed by atoms with E-state index in [9.17, 15) is 9.59 Å². The van der Waals surface area contributed by atoms with Crippen LogP contribution in [0.3, 0.4) is 0 Å². The number of fused-ring (bicyclic) bond motifs is 3. The van der Waals surface area contributed by atoms with E-state index in [1.165, 1.54) is 0 Å². The Morgan fingerprint density at radius 3 is 2.74 bits per heavy atom. The lowest BCUT2D eigenvalue weighted by Crippen LogP contribution is -2.53. The van der Waals surface area contributed by atoms with Crippen molar-refractivity contribution >= 4 is 17.5 Å². The van der Waals surface area contributed by atoms with Gasteiger partial charge in [0.25, 0.3) is 0 Å². The number of piperazine rings is 1. The summed E-state index contributed by atoms with van der Waals surface area (Å²) >= 11 is 0. The van der Waals surface area contributed by atoms with Crippen LogP contribution < -0.4 is 10.7 Å². The Hall–Kier alpha value is -2.71. The lowest BCUT2D eigenvalue weighted by Gasteiger charge is -2.32. The van der Waals surface area contributed by atoms with Crippen LogP contribution in [0.1, 0.15) is 35.0 Å². The van der Waals surface area contributed by atoms with Gasteiger partial charge in [0.2, 0.25) is 0 Å². The van der Waals surface area contributed by atoms with Gasteiger partial charge in [-0.25, -0.2) is 9.80 Å². The number of carbonyl (C=O) groups excluding carboxylic acids is 2. The van der Waals surface area contributed by atoms with Gasteiger partial charge in [-0.05, 0) is 19.5 Å². The van der Waals surface area contributed by atoms with E-state index in [1.807, 2.05) is 17.1 Å². The van der Waals surface area contributed by atoms with E-state index in [-0.39, 0.29) is 11.8 Å². The third-order valence-corrected chi connectivity index (χ3v) is 5.13. The number of carbonyl (C=O) groups is 2. The van der Waals surface area contributed by atoms with Crippen LogP contribution in [-0.2, 0) is 6.42 Å². The molecule has 3 N–H and O–H groups in total. The molecule has 2 aliphatic rings. The molecule has 27 heavy (non-hydrogen) atoms. The first-order valence-electron chi connectivity index (χ1n) is 9.35. The summed E-state index contributed by atoms with van der Waals surface area (Å²) in [5.41, 5.74) is 6.86. The van der Waals surface area contributed by atoms with E-state index >= 15 is 0 Å². The molecule has 0 atom stereocenters. The van der Waals surface area contributed by atoms with Crippen molar-refractivity contribution in [1.82, 2.24) is 25.5 Å². The van der Waals surface area contributed by atoms with Crippen molar-refractivity contribution in [2.45, 2.75) is 19.8 Å². The molecule has 8 heteroatoms. The van der Waals surface area contributed by atoms with Gasteiger partial charge >= 0.3 is 6.03 Å². The van der Waals surface area contributed by atoms with Gasteiger partial charge in [0.1, 0.15) is 5.69 Å². The van der Waals surface area contributed by atoms with Crippen LogP contribution in [0.25, 0.3) is 11.3 Å². The molecule has 4 rings (SSSR count). The number of likely N-dealkylation sites (N-methyl/N-ethyl adjacent to an activating group) is 1. The number of rotatable bonds is 4. The second-order valence-corrected chi connectivity index (χ2v) is 7.09. The van der Waals surface area contributed by atoms with Gasteiger partial charge in [0.05, 0.1) is 16.8 Å². The van der Waals surface area contributed by atoms with E-state index in [0.29, 0.717) is 22.5 Å². The Morgan fingerprint density at radius 1 is 1.22 bits per heavy atom. The fourth-order valence-corrected chi connectivity index (χ4v) is 3.68. The van der Waals surface area contributed by atoms with E-state index in [2.05, 4.69) is 39.8 Å². The monoisotopic (exact) mass is 368 g/mol. The molecule has 0 radical (unpaired) electrons. The van der Waals surface area contributed by atoms with Crippen molar-refractivity contribution < 1.29 is 9.59 Å². The first-order valence-corrected chi connectivity index (χ1v) is 9.35. The van der Waals surface area contributed by atoms with Gasteiger partial charge in [-0.15, -0.1) is 0 Å². The zero-order chi connectivity index (χ0) is 19.0. The normalized spacial score (nSPS) is 16.9. The Kier molecular flexibility index (Phi) is 4.67. The van der Waals surface area contributed by atoms with Crippen LogP contribution in [0.5, 0.6) is 0 Å². The molecule has 1 aromatic heterocycles. The number of urea groups is 1. The summed E-state index contributed by atoms with van der Waals surface area (Å²) < 4.78 is 0. The Labute approximate surface area is 157 Å². The molecule has 1 aliphatic carbocycles. The van der Waals surface area contributed by atoms with Crippen LogP contribution in [0.4, 0.5) is 10.5 Å². The van der Waals surface area contributed by atoms with Gasteiger partial charge in [0, 0.05) is 37.4 Å². The number of benzene rings is 1. The quantitative estimate of drug-likeness (QED) is 0.654. The summed E-state index contributed by atoms with van der Waals surface area (Å²) in [6, 6.07) is 5.13. The molecule has 0 saturated carbocycles. The fourth-order valence-electron chi connectivity index (χ4n) is 3.68. The number of aromatic amines is 1. The van der Waals surface area contributed by atoms with Crippen LogP contribution in [0, 0.1) is 0 Å². The first kappa shape index (κ1) is 17.7. The van der Waals surface area contributed by atoms with Crippen LogP contribution >= 0.6 is 0 Å². The van der Waals surface area contributed by atoms with Crippen LogP contribution in [-0.4, -0.2) is 65.1 Å². The maximum Gasteiger partial charge on any atom is 0.333 e. The zero-order valence-electron chi connectivity index (χ0n) is 15.6. The summed E-state index contributed by atoms with van der Waals surface area (Å²) in [5.74, 6) is -0.0762. The minimum Gasteiger partial charge on any atom is -0.306 e. The second-order valence-electron chi connectivity index (χ2n) is 7.09. The number of aromatic nitrogens is 2.